The zero-order valence-corrected chi connectivity index (χ0v) is 12.7. The van der Waals surface area contributed by atoms with Gasteiger partial charge in [0, 0.05) is 26.4 Å². The lowest BCUT2D eigenvalue weighted by atomic mass is 9.69. The van der Waals surface area contributed by atoms with Gasteiger partial charge in [0.1, 0.15) is 11.7 Å². The minimum atomic E-state index is -1.23. The minimum absolute atomic E-state index is 0.119. The highest BCUT2D eigenvalue weighted by atomic mass is 16.7. The van der Waals surface area contributed by atoms with Crippen LogP contribution in [0.1, 0.15) is 25.7 Å². The smallest absolute Gasteiger partial charge is 0.172 e. The number of aliphatic hydroxyl groups excluding tert-OH is 1. The highest BCUT2D eigenvalue weighted by Crippen LogP contribution is 2.49. The molecule has 1 heterocycles. The first-order valence-corrected chi connectivity index (χ1v) is 7.65. The maximum absolute atomic E-state index is 11.7. The largest absolute Gasteiger partial charge is 0.390 e. The van der Waals surface area contributed by atoms with Gasteiger partial charge in [0.2, 0.25) is 0 Å². The Bertz CT molecular complexity index is 519. The zero-order valence-electron chi connectivity index (χ0n) is 12.7. The summed E-state index contributed by atoms with van der Waals surface area (Å²) in [7, 11) is 1.49. The summed E-state index contributed by atoms with van der Waals surface area (Å²) in [6, 6.07) is 2.16. The first-order chi connectivity index (χ1) is 10.6. The molecular weight excluding hydrogens is 286 g/mol. The number of hydrogen-bond donors (Lipinski definition) is 1. The molecule has 1 saturated carbocycles. The molecular formula is C16H21NO5. The van der Waals surface area contributed by atoms with Gasteiger partial charge in [-0.15, -0.1) is 0 Å². The van der Waals surface area contributed by atoms with Crippen molar-refractivity contribution in [3.05, 3.63) is 11.6 Å². The molecule has 3 rings (SSSR count). The number of allylic oxidation sites excluding steroid dienone is 1. The minimum Gasteiger partial charge on any atom is -0.390 e. The Kier molecular flexibility index (Phi) is 4.08. The molecule has 0 aromatic heterocycles. The fourth-order valence-electron chi connectivity index (χ4n) is 4.00. The maximum atomic E-state index is 11.7. The molecule has 1 unspecified atom stereocenters. The number of aldehydes is 1. The zero-order chi connectivity index (χ0) is 15.8. The van der Waals surface area contributed by atoms with Gasteiger partial charge in [-0.25, -0.2) is 0 Å². The third-order valence-corrected chi connectivity index (χ3v) is 5.14. The van der Waals surface area contributed by atoms with Gasteiger partial charge >= 0.3 is 0 Å². The lowest BCUT2D eigenvalue weighted by molar-refractivity contribution is -0.171. The van der Waals surface area contributed by atoms with Crippen LogP contribution in [0.2, 0.25) is 0 Å². The molecule has 3 aliphatic rings. The summed E-state index contributed by atoms with van der Waals surface area (Å²) in [6.07, 6.45) is 3.07. The van der Waals surface area contributed by atoms with Gasteiger partial charge in [-0.05, 0) is 17.9 Å². The van der Waals surface area contributed by atoms with E-state index in [9.17, 15) is 15.2 Å². The average molecular weight is 307 g/mol. The second-order valence-electron chi connectivity index (χ2n) is 6.35. The normalized spacial score (nSPS) is 40.4. The number of methoxy groups -OCH3 is 1. The fourth-order valence-corrected chi connectivity index (χ4v) is 4.00. The van der Waals surface area contributed by atoms with Crippen molar-refractivity contribution in [3.8, 4) is 6.07 Å². The fraction of sp³-hybridized carbons (Fsp3) is 0.750. The molecule has 0 amide bonds. The molecule has 120 valence electrons. The molecule has 0 bridgehead atoms. The van der Waals surface area contributed by atoms with E-state index < -0.39 is 23.4 Å². The van der Waals surface area contributed by atoms with Crippen LogP contribution in [0.25, 0.3) is 0 Å². The van der Waals surface area contributed by atoms with Crippen LogP contribution < -0.4 is 0 Å². The summed E-state index contributed by atoms with van der Waals surface area (Å²) in [5, 5.41) is 20.0. The Morgan fingerprint density at radius 2 is 2.18 bits per heavy atom. The maximum Gasteiger partial charge on any atom is 0.172 e. The van der Waals surface area contributed by atoms with E-state index in [4.69, 9.17) is 14.2 Å². The molecule has 0 aromatic rings. The monoisotopic (exact) mass is 307 g/mol. The summed E-state index contributed by atoms with van der Waals surface area (Å²) >= 11 is 0. The number of rotatable bonds is 2. The van der Waals surface area contributed by atoms with Crippen LogP contribution in [0, 0.1) is 22.7 Å². The standard InChI is InChI=1S/C16H21NO5/c1-20-14-8-15(9-17,10-18)12-2-3-16(21-4-5-22-16)7-11(12)6-13(14)19/h2,10-11,13-14,19H,3-8H2,1H3/t11?,13-,14+,15-/m1/s1. The van der Waals surface area contributed by atoms with E-state index in [2.05, 4.69) is 6.07 Å². The van der Waals surface area contributed by atoms with Crippen molar-refractivity contribution >= 4 is 6.29 Å². The summed E-state index contributed by atoms with van der Waals surface area (Å²) in [6.45, 7) is 1.10. The van der Waals surface area contributed by atoms with E-state index in [1.807, 2.05) is 6.08 Å². The third-order valence-electron chi connectivity index (χ3n) is 5.14. The predicted octanol–water partition coefficient (Wildman–Crippen LogP) is 0.944. The summed E-state index contributed by atoms with van der Waals surface area (Å²) in [5.41, 5.74) is -0.448. The van der Waals surface area contributed by atoms with E-state index in [1.165, 1.54) is 7.11 Å². The molecule has 22 heavy (non-hydrogen) atoms. The number of nitriles is 1. The second-order valence-corrected chi connectivity index (χ2v) is 6.35. The molecule has 1 N–H and O–H groups in total. The second kappa shape index (κ2) is 5.74. The van der Waals surface area contributed by atoms with Gasteiger partial charge in [-0.2, -0.15) is 5.26 Å². The highest BCUT2D eigenvalue weighted by Gasteiger charge is 2.51. The van der Waals surface area contributed by atoms with Crippen LogP contribution in [-0.4, -0.2) is 49.7 Å². The van der Waals surface area contributed by atoms with E-state index in [1.54, 1.807) is 0 Å². The Hall–Kier alpha value is -1.26. The van der Waals surface area contributed by atoms with Gasteiger partial charge in [0.15, 0.2) is 5.79 Å². The Balaban J connectivity index is 1.99. The molecule has 6 heteroatoms. The van der Waals surface area contributed by atoms with Crippen molar-refractivity contribution in [3.63, 3.8) is 0 Å². The molecule has 1 spiro atoms. The van der Waals surface area contributed by atoms with Gasteiger partial charge in [-0.1, -0.05) is 6.08 Å². The summed E-state index contributed by atoms with van der Waals surface area (Å²) < 4.78 is 16.8. The van der Waals surface area contributed by atoms with Crippen molar-refractivity contribution in [2.75, 3.05) is 20.3 Å². The first kappa shape index (κ1) is 15.6. The van der Waals surface area contributed by atoms with Crippen LogP contribution in [-0.2, 0) is 19.0 Å². The van der Waals surface area contributed by atoms with Crippen molar-refractivity contribution < 1.29 is 24.1 Å². The number of ether oxygens (including phenoxy) is 3. The number of fused-ring (bicyclic) bond motifs is 1. The Morgan fingerprint density at radius 1 is 1.45 bits per heavy atom. The molecule has 0 radical (unpaired) electrons. The molecule has 4 atom stereocenters. The number of aliphatic hydroxyl groups is 1. The molecule has 2 fully saturated rings. The van der Waals surface area contributed by atoms with Crippen LogP contribution >= 0.6 is 0 Å². The molecule has 1 saturated heterocycles. The predicted molar refractivity (Wildman–Crippen MR) is 75.6 cm³/mol. The number of hydrogen-bond acceptors (Lipinski definition) is 6. The SMILES string of the molecule is CO[C@H]1C[C@@](C#N)(C=O)C2=CCC3(CC2C[C@H]1O)OCCO3. The lowest BCUT2D eigenvalue weighted by Gasteiger charge is -2.38. The van der Waals surface area contributed by atoms with Crippen LogP contribution in [0.4, 0.5) is 0 Å². The number of carbonyl (C=O) groups is 1. The van der Waals surface area contributed by atoms with E-state index >= 15 is 0 Å². The van der Waals surface area contributed by atoms with Gasteiger partial charge < -0.3 is 24.1 Å². The lowest BCUT2D eigenvalue weighted by Crippen LogP contribution is -2.39. The summed E-state index contributed by atoms with van der Waals surface area (Å²) in [4.78, 5) is 11.7. The average Bonchev–Trinajstić information content (AvgIpc) is 2.93. The molecule has 0 aromatic carbocycles. The van der Waals surface area contributed by atoms with Crippen molar-refractivity contribution in [2.45, 2.75) is 43.7 Å². The molecule has 6 nitrogen and oxygen atoms in total. The van der Waals surface area contributed by atoms with Crippen molar-refractivity contribution in [1.82, 2.24) is 0 Å². The van der Waals surface area contributed by atoms with Gasteiger partial charge in [-0.3, -0.25) is 0 Å². The van der Waals surface area contributed by atoms with E-state index in [-0.39, 0.29) is 12.3 Å². The van der Waals surface area contributed by atoms with Gasteiger partial charge in [0.05, 0.1) is 31.5 Å². The third kappa shape index (κ3) is 2.38. The van der Waals surface area contributed by atoms with Crippen LogP contribution in [0.3, 0.4) is 0 Å². The highest BCUT2D eigenvalue weighted by molar-refractivity contribution is 5.70. The topological polar surface area (TPSA) is 88.8 Å². The Labute approximate surface area is 129 Å². The van der Waals surface area contributed by atoms with Crippen LogP contribution in [0.15, 0.2) is 11.6 Å². The van der Waals surface area contributed by atoms with Crippen LogP contribution in [0.5, 0.6) is 0 Å². The summed E-state index contributed by atoms with van der Waals surface area (Å²) in [5.74, 6) is -0.780. The molecule has 1 aliphatic heterocycles. The van der Waals surface area contributed by atoms with Crippen molar-refractivity contribution in [2.24, 2.45) is 11.3 Å². The number of carbonyl (C=O) groups excluding carboxylic acids is 1. The van der Waals surface area contributed by atoms with Gasteiger partial charge in [0.25, 0.3) is 0 Å². The first-order valence-electron chi connectivity index (χ1n) is 7.65. The quantitative estimate of drug-likeness (QED) is 0.603. The Morgan fingerprint density at radius 3 is 2.77 bits per heavy atom. The van der Waals surface area contributed by atoms with E-state index in [0.717, 1.165) is 5.57 Å². The molecule has 2 aliphatic carbocycles. The van der Waals surface area contributed by atoms with Crippen molar-refractivity contribution in [1.29, 1.82) is 5.26 Å². The number of nitrogens with zero attached hydrogens (tertiary/aromatic N) is 1. The van der Waals surface area contributed by atoms with E-state index in [0.29, 0.717) is 38.8 Å².